The van der Waals surface area contributed by atoms with Crippen LogP contribution in [0, 0.1) is 0 Å². The zero-order valence-corrected chi connectivity index (χ0v) is 15.0. The highest BCUT2D eigenvalue weighted by Crippen LogP contribution is 2.43. The van der Waals surface area contributed by atoms with Crippen LogP contribution in [-0.2, 0) is 0 Å². The van der Waals surface area contributed by atoms with E-state index in [0.717, 1.165) is 18.0 Å². The zero-order valence-electron chi connectivity index (χ0n) is 14.1. The molecule has 5 nitrogen and oxygen atoms in total. The highest BCUT2D eigenvalue weighted by molar-refractivity contribution is 7.80. The SMILES string of the molecule is CC1c2ccc(OCC(O)CO)cc2N(CCS)C(C)(C)C1N. The van der Waals surface area contributed by atoms with Gasteiger partial charge < -0.3 is 25.6 Å². The van der Waals surface area contributed by atoms with Gasteiger partial charge in [-0.2, -0.15) is 12.6 Å². The van der Waals surface area contributed by atoms with E-state index < -0.39 is 6.10 Å². The Morgan fingerprint density at radius 2 is 2.13 bits per heavy atom. The van der Waals surface area contributed by atoms with Gasteiger partial charge in [-0.25, -0.2) is 0 Å². The number of aliphatic hydroxyl groups excluding tert-OH is 2. The summed E-state index contributed by atoms with van der Waals surface area (Å²) in [7, 11) is 0. The fourth-order valence-electron chi connectivity index (χ4n) is 3.28. The molecule has 0 bridgehead atoms. The molecule has 6 heteroatoms. The molecule has 0 amide bonds. The molecule has 1 aliphatic rings. The van der Waals surface area contributed by atoms with Crippen LogP contribution in [0.25, 0.3) is 0 Å². The van der Waals surface area contributed by atoms with Crippen LogP contribution in [0.15, 0.2) is 18.2 Å². The van der Waals surface area contributed by atoms with Gasteiger partial charge in [-0.15, -0.1) is 0 Å². The lowest BCUT2D eigenvalue weighted by Gasteiger charge is -2.51. The van der Waals surface area contributed by atoms with E-state index in [1.165, 1.54) is 5.56 Å². The second kappa shape index (κ2) is 7.30. The predicted octanol–water partition coefficient (Wildman–Crippen LogP) is 1.38. The van der Waals surface area contributed by atoms with Gasteiger partial charge in [0.05, 0.1) is 12.1 Å². The lowest BCUT2D eigenvalue weighted by molar-refractivity contribution is 0.0536. The first kappa shape index (κ1) is 18.4. The van der Waals surface area contributed by atoms with Crippen LogP contribution in [-0.4, -0.2) is 53.4 Å². The van der Waals surface area contributed by atoms with E-state index in [2.05, 4.69) is 38.3 Å². The highest BCUT2D eigenvalue weighted by atomic mass is 32.1. The summed E-state index contributed by atoms with van der Waals surface area (Å²) >= 11 is 4.38. The predicted molar refractivity (Wildman–Crippen MR) is 96.7 cm³/mol. The van der Waals surface area contributed by atoms with Crippen molar-refractivity contribution in [2.45, 2.75) is 44.4 Å². The number of anilines is 1. The number of ether oxygens (including phenoxy) is 1. The van der Waals surface area contributed by atoms with E-state index in [-0.39, 0.29) is 30.7 Å². The van der Waals surface area contributed by atoms with E-state index in [1.54, 1.807) is 0 Å². The van der Waals surface area contributed by atoms with Gasteiger partial charge in [0.2, 0.25) is 0 Å². The summed E-state index contributed by atoms with van der Waals surface area (Å²) in [6, 6.07) is 5.95. The third-order valence-corrected chi connectivity index (χ3v) is 5.01. The summed E-state index contributed by atoms with van der Waals surface area (Å²) in [6.07, 6.45) is -0.872. The molecular weight excluding hydrogens is 312 g/mol. The van der Waals surface area contributed by atoms with Crippen LogP contribution >= 0.6 is 12.6 Å². The van der Waals surface area contributed by atoms with E-state index in [1.807, 2.05) is 18.2 Å². The van der Waals surface area contributed by atoms with Gasteiger partial charge in [0.15, 0.2) is 0 Å². The van der Waals surface area contributed by atoms with Crippen LogP contribution in [0.1, 0.15) is 32.3 Å². The Hall–Kier alpha value is -0.950. The number of hydrogen-bond donors (Lipinski definition) is 4. The Morgan fingerprint density at radius 3 is 2.74 bits per heavy atom. The third-order valence-electron chi connectivity index (χ3n) is 4.81. The quantitative estimate of drug-likeness (QED) is 0.589. The van der Waals surface area contributed by atoms with Crippen LogP contribution in [0.5, 0.6) is 5.75 Å². The molecule has 130 valence electrons. The molecule has 0 aromatic heterocycles. The molecule has 0 radical (unpaired) electrons. The summed E-state index contributed by atoms with van der Waals surface area (Å²) in [5.41, 5.74) is 8.61. The van der Waals surface area contributed by atoms with Crippen molar-refractivity contribution in [1.82, 2.24) is 0 Å². The molecule has 1 aromatic rings. The average molecular weight is 340 g/mol. The fraction of sp³-hybridized carbons (Fsp3) is 0.647. The molecule has 1 heterocycles. The van der Waals surface area contributed by atoms with Crippen molar-refractivity contribution in [3.63, 3.8) is 0 Å². The van der Waals surface area contributed by atoms with Crippen LogP contribution in [0.2, 0.25) is 0 Å². The molecule has 0 saturated carbocycles. The Labute approximate surface area is 143 Å². The first-order chi connectivity index (χ1) is 10.8. The summed E-state index contributed by atoms with van der Waals surface area (Å²) in [5.74, 6) is 1.66. The van der Waals surface area contributed by atoms with Gasteiger partial charge in [-0.3, -0.25) is 0 Å². The van der Waals surface area contributed by atoms with Gasteiger partial charge in [-0.05, 0) is 25.5 Å². The average Bonchev–Trinajstić information content (AvgIpc) is 2.54. The zero-order chi connectivity index (χ0) is 17.2. The van der Waals surface area contributed by atoms with Crippen LogP contribution in [0.4, 0.5) is 5.69 Å². The van der Waals surface area contributed by atoms with Gasteiger partial charge in [0.25, 0.3) is 0 Å². The minimum absolute atomic E-state index is 0.0258. The van der Waals surface area contributed by atoms with Crippen molar-refractivity contribution in [3.05, 3.63) is 23.8 Å². The molecule has 0 aliphatic carbocycles. The third kappa shape index (κ3) is 3.60. The topological polar surface area (TPSA) is 79.0 Å². The van der Waals surface area contributed by atoms with Crippen LogP contribution < -0.4 is 15.4 Å². The Balaban J connectivity index is 2.35. The lowest BCUT2D eigenvalue weighted by atomic mass is 9.76. The van der Waals surface area contributed by atoms with Crippen molar-refractivity contribution in [1.29, 1.82) is 0 Å². The lowest BCUT2D eigenvalue weighted by Crippen LogP contribution is -2.61. The van der Waals surface area contributed by atoms with Gasteiger partial charge in [-0.1, -0.05) is 13.0 Å². The van der Waals surface area contributed by atoms with Gasteiger partial charge in [0, 0.05) is 36.0 Å². The number of fused-ring (bicyclic) bond motifs is 1. The molecule has 2 rings (SSSR count). The maximum Gasteiger partial charge on any atom is 0.121 e. The summed E-state index contributed by atoms with van der Waals surface area (Å²) < 4.78 is 5.59. The molecule has 23 heavy (non-hydrogen) atoms. The first-order valence-corrected chi connectivity index (χ1v) is 8.66. The van der Waals surface area contributed by atoms with Crippen molar-refractivity contribution in [2.75, 3.05) is 30.4 Å². The number of hydrogen-bond acceptors (Lipinski definition) is 6. The molecule has 3 unspecified atom stereocenters. The van der Waals surface area contributed by atoms with E-state index in [0.29, 0.717) is 5.75 Å². The second-order valence-electron chi connectivity index (χ2n) is 6.71. The Bertz CT molecular complexity index is 539. The number of rotatable bonds is 6. The maximum atomic E-state index is 9.44. The largest absolute Gasteiger partial charge is 0.491 e. The van der Waals surface area contributed by atoms with E-state index in [4.69, 9.17) is 15.6 Å². The van der Waals surface area contributed by atoms with Gasteiger partial charge in [0.1, 0.15) is 18.5 Å². The molecule has 0 spiro atoms. The minimum atomic E-state index is -0.872. The molecule has 1 aliphatic heterocycles. The molecular formula is C17H28N2O3S. The minimum Gasteiger partial charge on any atom is -0.491 e. The molecule has 0 saturated heterocycles. The molecule has 0 fully saturated rings. The summed E-state index contributed by atoms with van der Waals surface area (Å²) in [6.45, 7) is 7.02. The van der Waals surface area contributed by atoms with E-state index in [9.17, 15) is 5.11 Å². The highest BCUT2D eigenvalue weighted by Gasteiger charge is 2.42. The standard InChI is InChI=1S/C17H28N2O3S/c1-11-14-5-4-13(22-10-12(21)9-20)8-15(14)19(6-7-23)17(2,3)16(11)18/h4-5,8,11-12,16,20-21,23H,6-7,9-10,18H2,1-3H3. The molecule has 1 aromatic carbocycles. The normalized spacial score (nSPS) is 24.2. The molecule has 4 N–H and O–H groups in total. The number of benzene rings is 1. The number of thiol groups is 1. The fourth-order valence-corrected chi connectivity index (χ4v) is 3.48. The summed E-state index contributed by atoms with van der Waals surface area (Å²) in [5, 5.41) is 18.3. The van der Waals surface area contributed by atoms with Crippen molar-refractivity contribution in [2.24, 2.45) is 5.73 Å². The van der Waals surface area contributed by atoms with Crippen LogP contribution in [0.3, 0.4) is 0 Å². The monoisotopic (exact) mass is 340 g/mol. The number of nitrogens with two attached hydrogens (primary N) is 1. The molecule has 3 atom stereocenters. The number of aliphatic hydroxyl groups is 2. The Morgan fingerprint density at radius 1 is 1.43 bits per heavy atom. The Kier molecular flexibility index (Phi) is 5.84. The first-order valence-electron chi connectivity index (χ1n) is 8.02. The van der Waals surface area contributed by atoms with Crippen molar-refractivity contribution < 1.29 is 14.9 Å². The smallest absolute Gasteiger partial charge is 0.121 e. The second-order valence-corrected chi connectivity index (χ2v) is 7.16. The van der Waals surface area contributed by atoms with Crippen molar-refractivity contribution >= 4 is 18.3 Å². The van der Waals surface area contributed by atoms with Gasteiger partial charge >= 0.3 is 0 Å². The maximum absolute atomic E-state index is 9.44. The summed E-state index contributed by atoms with van der Waals surface area (Å²) in [4.78, 5) is 2.29. The van der Waals surface area contributed by atoms with Crippen molar-refractivity contribution in [3.8, 4) is 5.75 Å². The van der Waals surface area contributed by atoms with E-state index >= 15 is 0 Å². The number of nitrogens with zero attached hydrogens (tertiary/aromatic N) is 1.